The van der Waals surface area contributed by atoms with Gasteiger partial charge < -0.3 is 39.7 Å². The lowest BCUT2D eigenvalue weighted by Gasteiger charge is -2.27. The summed E-state index contributed by atoms with van der Waals surface area (Å²) < 4.78 is 23.8. The Morgan fingerprint density at radius 3 is 2.59 bits per heavy atom. The third-order valence-corrected chi connectivity index (χ3v) is 5.58. The molecule has 2 heterocycles. The topological polar surface area (TPSA) is 177 Å². The predicted octanol–water partition coefficient (Wildman–Crippen LogP) is -2.33. The Hall–Kier alpha value is -1.37. The summed E-state index contributed by atoms with van der Waals surface area (Å²) in [5, 5.41) is 30.5. The summed E-state index contributed by atoms with van der Waals surface area (Å²) in [7, 11) is 0.963. The maximum Gasteiger partial charge on any atom is 0.359 e. The molecule has 154 valence electrons. The van der Waals surface area contributed by atoms with Gasteiger partial charge in [-0.15, -0.1) is 0 Å². The van der Waals surface area contributed by atoms with Crippen LogP contribution >= 0.6 is 7.60 Å². The van der Waals surface area contributed by atoms with Crippen LogP contribution in [0.25, 0.3) is 0 Å². The number of nitrogens with zero attached hydrogens (tertiary/aromatic N) is 3. The van der Waals surface area contributed by atoms with Crippen LogP contribution in [0, 0.1) is 0 Å². The minimum atomic E-state index is -4.59. The molecule has 27 heavy (non-hydrogen) atoms. The van der Waals surface area contributed by atoms with Crippen LogP contribution in [0.5, 0.6) is 0 Å². The minimum Gasteiger partial charge on any atom is -0.387 e. The Morgan fingerprint density at radius 2 is 2.04 bits per heavy atom. The molecule has 1 unspecified atom stereocenters. The lowest BCUT2D eigenvalue weighted by Crippen LogP contribution is -2.40. The van der Waals surface area contributed by atoms with Gasteiger partial charge in [-0.3, -0.25) is 9.13 Å². The highest BCUT2D eigenvalue weighted by Crippen LogP contribution is 2.50. The van der Waals surface area contributed by atoms with Crippen LogP contribution in [-0.4, -0.2) is 92.7 Å². The van der Waals surface area contributed by atoms with Crippen molar-refractivity contribution in [1.82, 2.24) is 9.55 Å². The molecule has 1 saturated heterocycles. The standard InChI is InChI=1S/C14H25N4O8P/c1-18(2,3)6-7-25-27(23,24)13(21)11-9(19)10(20)12(26-11)17-5-4-8(15)16-14(17)22/h4-5,9-13,19-21H,6-7H2,1-3H3,(H2-,15,16,22,23,24)/p+1/t9-,10+,11-,12+,13+/m0/s1. The van der Waals surface area contributed by atoms with Gasteiger partial charge in [0, 0.05) is 6.20 Å². The van der Waals surface area contributed by atoms with Crippen LogP contribution in [0.2, 0.25) is 0 Å². The van der Waals surface area contributed by atoms with Gasteiger partial charge in [0.1, 0.15) is 37.3 Å². The number of aliphatic hydroxyl groups excluding tert-OH is 3. The SMILES string of the molecule is C[N+](C)(C)CCOP(=O)(O)[C@@H](O)[C@H]1O[C@@H](n2ccc(N)nc2=O)[C@H](O)[C@@H]1O. The third kappa shape index (κ3) is 5.12. The van der Waals surface area contributed by atoms with Crippen LogP contribution in [0.4, 0.5) is 5.82 Å². The molecule has 0 amide bonds. The molecule has 1 aromatic heterocycles. The summed E-state index contributed by atoms with van der Waals surface area (Å²) in [5.74, 6) is -2.18. The molecule has 1 aliphatic heterocycles. The van der Waals surface area contributed by atoms with E-state index >= 15 is 0 Å². The van der Waals surface area contributed by atoms with Gasteiger partial charge in [-0.25, -0.2) is 4.79 Å². The van der Waals surface area contributed by atoms with Crippen molar-refractivity contribution in [3.05, 3.63) is 22.7 Å². The molecule has 2 rings (SSSR count). The Bertz CT molecular complexity index is 766. The van der Waals surface area contributed by atoms with E-state index in [9.17, 15) is 29.6 Å². The first kappa shape index (κ1) is 21.9. The summed E-state index contributed by atoms with van der Waals surface area (Å²) in [6.07, 6.45) is -5.28. The van der Waals surface area contributed by atoms with Crippen molar-refractivity contribution >= 4 is 13.4 Å². The number of nitrogen functional groups attached to an aromatic ring is 1. The van der Waals surface area contributed by atoms with E-state index in [1.165, 1.54) is 12.3 Å². The van der Waals surface area contributed by atoms with Gasteiger partial charge >= 0.3 is 13.3 Å². The lowest BCUT2D eigenvalue weighted by molar-refractivity contribution is -0.870. The van der Waals surface area contributed by atoms with E-state index in [2.05, 4.69) is 4.98 Å². The largest absolute Gasteiger partial charge is 0.387 e. The van der Waals surface area contributed by atoms with Crippen LogP contribution < -0.4 is 11.4 Å². The molecule has 0 radical (unpaired) electrons. The molecule has 0 spiro atoms. The fourth-order valence-electron chi connectivity index (χ4n) is 2.49. The highest BCUT2D eigenvalue weighted by Gasteiger charge is 2.52. The normalized spacial score (nSPS) is 29.4. The number of hydrogen-bond acceptors (Lipinski definition) is 9. The zero-order valence-electron chi connectivity index (χ0n) is 15.2. The maximum atomic E-state index is 12.3. The molecule has 13 heteroatoms. The van der Waals surface area contributed by atoms with Crippen LogP contribution in [0.1, 0.15) is 6.23 Å². The average molecular weight is 409 g/mol. The molecule has 1 aliphatic rings. The van der Waals surface area contributed by atoms with Gasteiger partial charge in [-0.2, -0.15) is 4.98 Å². The summed E-state index contributed by atoms with van der Waals surface area (Å²) >= 11 is 0. The highest BCUT2D eigenvalue weighted by molar-refractivity contribution is 7.53. The van der Waals surface area contributed by atoms with E-state index in [4.69, 9.17) is 15.0 Å². The Morgan fingerprint density at radius 1 is 1.41 bits per heavy atom. The van der Waals surface area contributed by atoms with E-state index in [-0.39, 0.29) is 12.4 Å². The number of aromatic nitrogens is 2. The van der Waals surface area contributed by atoms with E-state index in [1.54, 1.807) is 0 Å². The zero-order valence-corrected chi connectivity index (χ0v) is 16.1. The van der Waals surface area contributed by atoms with E-state index < -0.39 is 43.7 Å². The number of hydrogen-bond donors (Lipinski definition) is 5. The highest BCUT2D eigenvalue weighted by atomic mass is 31.2. The molecular formula is C14H26N4O8P+. The summed E-state index contributed by atoms with van der Waals surface area (Å²) in [6.45, 7) is 0.271. The minimum absolute atomic E-state index is 0.0496. The lowest BCUT2D eigenvalue weighted by atomic mass is 10.1. The number of quaternary nitrogens is 1. The van der Waals surface area contributed by atoms with Crippen LogP contribution in [0.3, 0.4) is 0 Å². The zero-order chi connectivity index (χ0) is 20.6. The van der Waals surface area contributed by atoms with Gasteiger partial charge in [0.2, 0.25) is 0 Å². The first-order valence-corrected chi connectivity index (χ1v) is 9.80. The number of aliphatic hydroxyl groups is 3. The summed E-state index contributed by atoms with van der Waals surface area (Å²) in [4.78, 5) is 25.4. The fourth-order valence-corrected chi connectivity index (χ4v) is 3.60. The van der Waals surface area contributed by atoms with Crippen molar-refractivity contribution in [2.24, 2.45) is 0 Å². The van der Waals surface area contributed by atoms with Crippen LogP contribution in [0.15, 0.2) is 17.1 Å². The third-order valence-electron chi connectivity index (χ3n) is 4.07. The average Bonchev–Trinajstić information content (AvgIpc) is 2.81. The number of anilines is 1. The number of likely N-dealkylation sites (N-methyl/N-ethyl adjacent to an activating group) is 1. The second kappa shape index (κ2) is 7.94. The quantitative estimate of drug-likeness (QED) is 0.242. The second-order valence-electron chi connectivity index (χ2n) is 7.34. The Kier molecular flexibility index (Phi) is 6.44. The summed E-state index contributed by atoms with van der Waals surface area (Å²) in [5.41, 5.74) is 4.54. The second-order valence-corrected chi connectivity index (χ2v) is 9.26. The van der Waals surface area contributed by atoms with Crippen molar-refractivity contribution in [2.75, 3.05) is 40.0 Å². The smallest absolute Gasteiger partial charge is 0.359 e. The molecule has 1 aromatic rings. The first-order chi connectivity index (χ1) is 12.3. The van der Waals surface area contributed by atoms with Crippen molar-refractivity contribution < 1.29 is 38.5 Å². The maximum absolute atomic E-state index is 12.3. The molecule has 0 aliphatic carbocycles. The summed E-state index contributed by atoms with van der Waals surface area (Å²) in [6, 6.07) is 1.28. The monoisotopic (exact) mass is 409 g/mol. The molecule has 12 nitrogen and oxygen atoms in total. The fraction of sp³-hybridized carbons (Fsp3) is 0.714. The van der Waals surface area contributed by atoms with Crippen molar-refractivity contribution in [3.63, 3.8) is 0 Å². The van der Waals surface area contributed by atoms with Gasteiger partial charge in [-0.05, 0) is 6.07 Å². The predicted molar refractivity (Wildman–Crippen MR) is 93.5 cm³/mol. The van der Waals surface area contributed by atoms with E-state index in [0.29, 0.717) is 11.0 Å². The number of rotatable bonds is 7. The Labute approximate surface area is 155 Å². The van der Waals surface area contributed by atoms with Crippen LogP contribution in [-0.2, 0) is 13.8 Å². The molecule has 6 N–H and O–H groups in total. The molecule has 1 fully saturated rings. The van der Waals surface area contributed by atoms with Gasteiger partial charge in [0.05, 0.1) is 21.1 Å². The molecule has 6 atom stereocenters. The number of ether oxygens (including phenoxy) is 1. The van der Waals surface area contributed by atoms with Gasteiger partial charge in [-0.1, -0.05) is 0 Å². The van der Waals surface area contributed by atoms with Gasteiger partial charge in [0.25, 0.3) is 0 Å². The molecular weight excluding hydrogens is 383 g/mol. The van der Waals surface area contributed by atoms with Crippen molar-refractivity contribution in [1.29, 1.82) is 0 Å². The molecule has 0 aromatic carbocycles. The van der Waals surface area contributed by atoms with Gasteiger partial charge in [0.15, 0.2) is 12.1 Å². The van der Waals surface area contributed by atoms with E-state index in [0.717, 1.165) is 4.57 Å². The van der Waals surface area contributed by atoms with Crippen molar-refractivity contribution in [2.45, 2.75) is 30.4 Å². The Balaban J connectivity index is 2.14. The molecule has 0 saturated carbocycles. The number of nitrogens with two attached hydrogens (primary N) is 1. The molecule has 0 bridgehead atoms. The first-order valence-electron chi connectivity index (χ1n) is 8.15. The van der Waals surface area contributed by atoms with Crippen molar-refractivity contribution in [3.8, 4) is 0 Å². The van der Waals surface area contributed by atoms with E-state index in [1.807, 2.05) is 21.1 Å².